The maximum atomic E-state index is 5.14. The second-order valence-corrected chi connectivity index (χ2v) is 4.95. The van der Waals surface area contributed by atoms with Gasteiger partial charge in [0.25, 0.3) is 0 Å². The fraction of sp³-hybridized carbons (Fsp3) is 0.267. The number of pyridine rings is 1. The average molecular weight is 321 g/mol. The van der Waals surface area contributed by atoms with E-state index < -0.39 is 0 Å². The summed E-state index contributed by atoms with van der Waals surface area (Å²) in [6, 6.07) is 14.3. The van der Waals surface area contributed by atoms with E-state index in [1.165, 1.54) is 5.56 Å². The summed E-state index contributed by atoms with van der Waals surface area (Å²) in [5, 5.41) is 0.910. The molecule has 2 aromatic rings. The molecule has 3 nitrogen and oxygen atoms in total. The monoisotopic (exact) mass is 320 g/mol. The maximum Gasteiger partial charge on any atom is 0.137 e. The molecular weight excluding hydrogens is 304 g/mol. The number of nitrogens with zero attached hydrogens (tertiary/aromatic N) is 2. The van der Waals surface area contributed by atoms with E-state index in [0.717, 1.165) is 30.0 Å². The molecule has 2 rings (SSSR count). The minimum atomic E-state index is 0.780. The molecule has 0 unspecified atom stereocenters. The van der Waals surface area contributed by atoms with Crippen molar-refractivity contribution in [3.05, 3.63) is 54.2 Å². The third-order valence-corrected chi connectivity index (χ3v) is 3.21. The van der Waals surface area contributed by atoms with Crippen LogP contribution in [0.2, 0.25) is 0 Å². The van der Waals surface area contributed by atoms with Crippen molar-refractivity contribution in [3.8, 4) is 5.75 Å². The molecule has 0 fully saturated rings. The Balaban J connectivity index is 2.14. The van der Waals surface area contributed by atoms with E-state index >= 15 is 0 Å². The Morgan fingerprint density at radius 2 is 1.95 bits per heavy atom. The van der Waals surface area contributed by atoms with Crippen molar-refractivity contribution in [1.82, 2.24) is 4.98 Å². The van der Waals surface area contributed by atoms with Gasteiger partial charge in [0.1, 0.15) is 11.6 Å². The molecule has 0 N–H and O–H groups in total. The molecule has 0 amide bonds. The van der Waals surface area contributed by atoms with Crippen LogP contribution in [0, 0.1) is 0 Å². The molecule has 4 heteroatoms. The zero-order chi connectivity index (χ0) is 13.5. The van der Waals surface area contributed by atoms with Crippen molar-refractivity contribution in [2.24, 2.45) is 0 Å². The molecule has 0 saturated carbocycles. The predicted molar refractivity (Wildman–Crippen MR) is 82.1 cm³/mol. The van der Waals surface area contributed by atoms with Gasteiger partial charge in [0.2, 0.25) is 0 Å². The summed E-state index contributed by atoms with van der Waals surface area (Å²) in [6.45, 7) is 1.76. The van der Waals surface area contributed by atoms with Gasteiger partial charge in [-0.15, -0.1) is 0 Å². The van der Waals surface area contributed by atoms with Crippen LogP contribution in [0.4, 0.5) is 5.82 Å². The van der Waals surface area contributed by atoms with Crippen LogP contribution in [0.1, 0.15) is 5.56 Å². The molecule has 1 heterocycles. The summed E-state index contributed by atoms with van der Waals surface area (Å²) in [4.78, 5) is 6.68. The highest BCUT2D eigenvalue weighted by molar-refractivity contribution is 9.09. The molecule has 0 spiro atoms. The van der Waals surface area contributed by atoms with E-state index in [9.17, 15) is 0 Å². The second kappa shape index (κ2) is 7.14. The van der Waals surface area contributed by atoms with Crippen molar-refractivity contribution < 1.29 is 4.74 Å². The largest absolute Gasteiger partial charge is 0.495 e. The lowest BCUT2D eigenvalue weighted by atomic mass is 10.2. The van der Waals surface area contributed by atoms with Gasteiger partial charge in [0.15, 0.2) is 0 Å². The lowest BCUT2D eigenvalue weighted by Gasteiger charge is -2.23. The van der Waals surface area contributed by atoms with Crippen LogP contribution >= 0.6 is 15.9 Å². The van der Waals surface area contributed by atoms with Crippen LogP contribution in [0.25, 0.3) is 0 Å². The van der Waals surface area contributed by atoms with Gasteiger partial charge in [-0.25, -0.2) is 4.98 Å². The van der Waals surface area contributed by atoms with E-state index in [-0.39, 0.29) is 0 Å². The van der Waals surface area contributed by atoms with Gasteiger partial charge in [0, 0.05) is 18.4 Å². The minimum Gasteiger partial charge on any atom is -0.495 e. The van der Waals surface area contributed by atoms with Crippen LogP contribution in [0.5, 0.6) is 5.75 Å². The second-order valence-electron chi connectivity index (χ2n) is 4.15. The van der Waals surface area contributed by atoms with E-state index in [1.54, 1.807) is 13.3 Å². The number of ether oxygens (including phenoxy) is 1. The first-order valence-electron chi connectivity index (χ1n) is 6.18. The Morgan fingerprint density at radius 1 is 1.16 bits per heavy atom. The zero-order valence-corrected chi connectivity index (χ0v) is 12.5. The van der Waals surface area contributed by atoms with Gasteiger partial charge in [-0.2, -0.15) is 0 Å². The number of anilines is 1. The molecule has 1 aromatic carbocycles. The molecule has 0 aliphatic heterocycles. The molecule has 19 heavy (non-hydrogen) atoms. The first kappa shape index (κ1) is 13.9. The molecule has 0 aliphatic carbocycles. The van der Waals surface area contributed by atoms with Crippen molar-refractivity contribution in [2.45, 2.75) is 6.54 Å². The van der Waals surface area contributed by atoms with Crippen molar-refractivity contribution >= 4 is 21.7 Å². The molecular formula is C15H17BrN2O. The fourth-order valence-corrected chi connectivity index (χ4v) is 2.29. The highest BCUT2D eigenvalue weighted by Crippen LogP contribution is 2.18. The summed E-state index contributed by atoms with van der Waals surface area (Å²) in [7, 11) is 1.65. The quantitative estimate of drug-likeness (QED) is 0.762. The summed E-state index contributed by atoms with van der Waals surface area (Å²) >= 11 is 3.49. The van der Waals surface area contributed by atoms with Gasteiger partial charge in [-0.1, -0.05) is 46.3 Å². The number of hydrogen-bond donors (Lipinski definition) is 0. The van der Waals surface area contributed by atoms with Crippen molar-refractivity contribution in [1.29, 1.82) is 0 Å². The van der Waals surface area contributed by atoms with Gasteiger partial charge >= 0.3 is 0 Å². The fourth-order valence-electron chi connectivity index (χ4n) is 1.86. The lowest BCUT2D eigenvalue weighted by Crippen LogP contribution is -2.25. The van der Waals surface area contributed by atoms with E-state index in [0.29, 0.717) is 0 Å². The number of methoxy groups -OCH3 is 1. The molecule has 1 aromatic heterocycles. The van der Waals surface area contributed by atoms with E-state index in [2.05, 4.69) is 50.1 Å². The first-order valence-corrected chi connectivity index (χ1v) is 7.30. The predicted octanol–water partition coefficient (Wildman–Crippen LogP) is 3.49. The molecule has 0 aliphatic rings. The topological polar surface area (TPSA) is 25.4 Å². The Morgan fingerprint density at radius 3 is 2.53 bits per heavy atom. The van der Waals surface area contributed by atoms with Crippen LogP contribution in [0.3, 0.4) is 0 Å². The Bertz CT molecular complexity index is 487. The lowest BCUT2D eigenvalue weighted by molar-refractivity contribution is 0.413. The molecule has 0 radical (unpaired) electrons. The summed E-state index contributed by atoms with van der Waals surface area (Å²) in [6.07, 6.45) is 1.75. The number of halogens is 1. The number of benzene rings is 1. The zero-order valence-electron chi connectivity index (χ0n) is 10.9. The van der Waals surface area contributed by atoms with E-state index in [4.69, 9.17) is 4.74 Å². The number of alkyl halides is 1. The third-order valence-electron chi connectivity index (χ3n) is 2.85. The Kier molecular flexibility index (Phi) is 5.21. The van der Waals surface area contributed by atoms with Crippen molar-refractivity contribution in [3.63, 3.8) is 0 Å². The van der Waals surface area contributed by atoms with Gasteiger partial charge in [-0.05, 0) is 17.7 Å². The highest BCUT2D eigenvalue weighted by Gasteiger charge is 2.08. The molecule has 0 saturated heterocycles. The Hall–Kier alpha value is -1.55. The number of rotatable bonds is 6. The van der Waals surface area contributed by atoms with E-state index in [1.807, 2.05) is 18.2 Å². The average Bonchev–Trinajstić information content (AvgIpc) is 2.48. The smallest absolute Gasteiger partial charge is 0.137 e. The van der Waals surface area contributed by atoms with Crippen LogP contribution in [-0.4, -0.2) is 24.0 Å². The van der Waals surface area contributed by atoms with Gasteiger partial charge < -0.3 is 9.64 Å². The maximum absolute atomic E-state index is 5.14. The summed E-state index contributed by atoms with van der Waals surface area (Å²) < 4.78 is 5.14. The van der Waals surface area contributed by atoms with Gasteiger partial charge in [0.05, 0.1) is 13.3 Å². The van der Waals surface area contributed by atoms with Crippen LogP contribution < -0.4 is 9.64 Å². The third kappa shape index (κ3) is 3.96. The molecule has 0 atom stereocenters. The number of hydrogen-bond acceptors (Lipinski definition) is 3. The highest BCUT2D eigenvalue weighted by atomic mass is 79.9. The Labute approximate surface area is 122 Å². The first-order chi connectivity index (χ1) is 9.33. The SMILES string of the molecule is COc1ccc(N(CCBr)Cc2ccccc2)nc1. The van der Waals surface area contributed by atoms with Gasteiger partial charge in [-0.3, -0.25) is 0 Å². The normalized spacial score (nSPS) is 10.2. The van der Waals surface area contributed by atoms with Crippen LogP contribution in [0.15, 0.2) is 48.7 Å². The molecule has 100 valence electrons. The van der Waals surface area contributed by atoms with Crippen LogP contribution in [-0.2, 0) is 6.54 Å². The standard InChI is InChI=1S/C15H17BrN2O/c1-19-14-7-8-15(17-11-14)18(10-9-16)12-13-5-3-2-4-6-13/h2-8,11H,9-10,12H2,1H3. The summed E-state index contributed by atoms with van der Waals surface area (Å²) in [5.74, 6) is 1.74. The summed E-state index contributed by atoms with van der Waals surface area (Å²) in [5.41, 5.74) is 1.28. The molecule has 0 bridgehead atoms. The number of aromatic nitrogens is 1. The minimum absolute atomic E-state index is 0.780. The van der Waals surface area contributed by atoms with Crippen molar-refractivity contribution in [2.75, 3.05) is 23.9 Å².